The lowest BCUT2D eigenvalue weighted by Gasteiger charge is -2.13. The molecule has 152 valence electrons. The molecule has 0 atom stereocenters. The molecule has 2 aromatic rings. The molecule has 0 unspecified atom stereocenters. The van der Waals surface area contributed by atoms with Crippen LogP contribution in [0, 0.1) is 5.92 Å². The maximum Gasteiger partial charge on any atom is 0.251 e. The van der Waals surface area contributed by atoms with Crippen molar-refractivity contribution >= 4 is 15.9 Å². The fourth-order valence-electron chi connectivity index (χ4n) is 2.66. The average Bonchev–Trinajstić information content (AvgIpc) is 2.67. The van der Waals surface area contributed by atoms with Gasteiger partial charge in [0, 0.05) is 18.7 Å². The molecule has 0 radical (unpaired) electrons. The van der Waals surface area contributed by atoms with Gasteiger partial charge in [-0.15, -0.1) is 0 Å². The Morgan fingerprint density at radius 2 is 1.79 bits per heavy atom. The molecule has 2 rings (SSSR count). The quantitative estimate of drug-likeness (QED) is 0.638. The predicted molar refractivity (Wildman–Crippen MR) is 110 cm³/mol. The minimum absolute atomic E-state index is 0.0421. The first-order valence-corrected chi connectivity index (χ1v) is 10.8. The number of sulfonamides is 1. The molecule has 0 fully saturated rings. The van der Waals surface area contributed by atoms with E-state index in [9.17, 15) is 13.2 Å². The molecule has 28 heavy (non-hydrogen) atoms. The van der Waals surface area contributed by atoms with E-state index in [-0.39, 0.29) is 28.7 Å². The Bertz CT molecular complexity index is 881. The topological polar surface area (TPSA) is 84.5 Å². The van der Waals surface area contributed by atoms with Crippen molar-refractivity contribution in [3.05, 3.63) is 59.7 Å². The molecule has 0 aliphatic rings. The molecule has 0 bridgehead atoms. The molecule has 7 heteroatoms. The highest BCUT2D eigenvalue weighted by Gasteiger charge is 2.21. The van der Waals surface area contributed by atoms with Crippen LogP contribution in [-0.2, 0) is 16.4 Å². The van der Waals surface area contributed by atoms with Gasteiger partial charge in [-0.1, -0.05) is 44.2 Å². The number of rotatable bonds is 10. The van der Waals surface area contributed by atoms with Crippen LogP contribution in [0.1, 0.15) is 36.2 Å². The first-order chi connectivity index (χ1) is 13.3. The van der Waals surface area contributed by atoms with Gasteiger partial charge in [0.15, 0.2) is 0 Å². The number of nitrogens with one attached hydrogen (secondary N) is 2. The summed E-state index contributed by atoms with van der Waals surface area (Å²) in [5.41, 5.74) is 1.32. The van der Waals surface area contributed by atoms with Gasteiger partial charge >= 0.3 is 0 Å². The lowest BCUT2D eigenvalue weighted by atomic mass is 10.1. The van der Waals surface area contributed by atoms with Crippen molar-refractivity contribution in [1.82, 2.24) is 10.0 Å². The van der Waals surface area contributed by atoms with E-state index in [0.29, 0.717) is 18.9 Å². The number of amides is 1. The number of hydrogen-bond acceptors (Lipinski definition) is 4. The largest absolute Gasteiger partial charge is 0.495 e. The van der Waals surface area contributed by atoms with Crippen LogP contribution in [0.4, 0.5) is 0 Å². The molecule has 2 aromatic carbocycles. The Morgan fingerprint density at radius 3 is 2.43 bits per heavy atom. The second-order valence-electron chi connectivity index (χ2n) is 6.94. The molecular weight excluding hydrogens is 376 g/mol. The van der Waals surface area contributed by atoms with Gasteiger partial charge in [-0.25, -0.2) is 13.1 Å². The zero-order valence-corrected chi connectivity index (χ0v) is 17.4. The van der Waals surface area contributed by atoms with Crippen LogP contribution in [0.5, 0.6) is 5.75 Å². The van der Waals surface area contributed by atoms with E-state index in [1.165, 1.54) is 19.2 Å². The maximum atomic E-state index is 12.8. The van der Waals surface area contributed by atoms with E-state index in [1.54, 1.807) is 6.07 Å². The van der Waals surface area contributed by atoms with Crippen LogP contribution in [-0.4, -0.2) is 34.5 Å². The van der Waals surface area contributed by atoms with Crippen LogP contribution < -0.4 is 14.8 Å². The van der Waals surface area contributed by atoms with Gasteiger partial charge in [0.2, 0.25) is 10.0 Å². The Balaban J connectivity index is 2.11. The highest BCUT2D eigenvalue weighted by Crippen LogP contribution is 2.25. The summed E-state index contributed by atoms with van der Waals surface area (Å²) in [6, 6.07) is 14.0. The number of hydrogen-bond donors (Lipinski definition) is 2. The minimum atomic E-state index is -3.82. The van der Waals surface area contributed by atoms with E-state index in [4.69, 9.17) is 4.74 Å². The fraction of sp³-hybridized carbons (Fsp3) is 0.381. The van der Waals surface area contributed by atoms with E-state index in [2.05, 4.69) is 23.9 Å². The molecule has 0 saturated carbocycles. The smallest absolute Gasteiger partial charge is 0.251 e. The number of carbonyl (C=O) groups is 1. The maximum absolute atomic E-state index is 12.8. The van der Waals surface area contributed by atoms with Gasteiger partial charge in [-0.3, -0.25) is 4.79 Å². The molecule has 0 heterocycles. The molecule has 0 spiro atoms. The van der Waals surface area contributed by atoms with E-state index in [0.717, 1.165) is 12.0 Å². The predicted octanol–water partition coefficient (Wildman–Crippen LogP) is 2.99. The van der Waals surface area contributed by atoms with Crippen molar-refractivity contribution in [2.45, 2.75) is 31.6 Å². The molecule has 0 aromatic heterocycles. The van der Waals surface area contributed by atoms with E-state index < -0.39 is 10.0 Å². The third-order valence-electron chi connectivity index (χ3n) is 4.27. The summed E-state index contributed by atoms with van der Waals surface area (Å²) in [4.78, 5) is 12.3. The monoisotopic (exact) mass is 404 g/mol. The van der Waals surface area contributed by atoms with Gasteiger partial charge in [0.05, 0.1) is 7.11 Å². The summed E-state index contributed by atoms with van der Waals surface area (Å²) >= 11 is 0. The van der Waals surface area contributed by atoms with E-state index in [1.807, 2.05) is 30.3 Å². The molecule has 0 aliphatic carbocycles. The normalized spacial score (nSPS) is 11.4. The standard InChI is InChI=1S/C21H28N2O4S/c1-16(2)11-13-22-21(24)18-9-10-19(27-3)20(15-18)28(25,26)23-14-12-17-7-5-4-6-8-17/h4-10,15-16,23H,11-14H2,1-3H3,(H,22,24). The lowest BCUT2D eigenvalue weighted by molar-refractivity contribution is 0.0951. The number of carbonyl (C=O) groups excluding carboxylic acids is 1. The van der Waals surface area contributed by atoms with Crippen molar-refractivity contribution in [1.29, 1.82) is 0 Å². The van der Waals surface area contributed by atoms with Gasteiger partial charge in [0.25, 0.3) is 5.91 Å². The van der Waals surface area contributed by atoms with Crippen LogP contribution >= 0.6 is 0 Å². The Labute approximate surface area is 167 Å². The zero-order valence-electron chi connectivity index (χ0n) is 16.6. The summed E-state index contributed by atoms with van der Waals surface area (Å²) in [6.07, 6.45) is 1.42. The highest BCUT2D eigenvalue weighted by molar-refractivity contribution is 7.89. The first kappa shape index (κ1) is 21.9. The van der Waals surface area contributed by atoms with Crippen molar-refractivity contribution in [3.8, 4) is 5.75 Å². The van der Waals surface area contributed by atoms with Crippen LogP contribution in [0.15, 0.2) is 53.4 Å². The van der Waals surface area contributed by atoms with Gasteiger partial charge < -0.3 is 10.1 Å². The van der Waals surface area contributed by atoms with Crippen LogP contribution in [0.3, 0.4) is 0 Å². The molecule has 1 amide bonds. The zero-order chi connectivity index (χ0) is 20.6. The van der Waals surface area contributed by atoms with Gasteiger partial charge in [0.1, 0.15) is 10.6 Å². The summed E-state index contributed by atoms with van der Waals surface area (Å²) in [6.45, 7) is 4.94. The van der Waals surface area contributed by atoms with Crippen molar-refractivity contribution in [3.63, 3.8) is 0 Å². The van der Waals surface area contributed by atoms with E-state index >= 15 is 0 Å². The van der Waals surface area contributed by atoms with Crippen molar-refractivity contribution in [2.24, 2.45) is 5.92 Å². The summed E-state index contributed by atoms with van der Waals surface area (Å²) in [5.74, 6) is 0.371. The number of benzene rings is 2. The second-order valence-corrected chi connectivity index (χ2v) is 8.67. The molecule has 0 aliphatic heterocycles. The number of methoxy groups -OCH3 is 1. The number of ether oxygens (including phenoxy) is 1. The minimum Gasteiger partial charge on any atom is -0.495 e. The Morgan fingerprint density at radius 1 is 1.07 bits per heavy atom. The SMILES string of the molecule is COc1ccc(C(=O)NCCC(C)C)cc1S(=O)(=O)NCCc1ccccc1. The van der Waals surface area contributed by atoms with Crippen LogP contribution in [0.25, 0.3) is 0 Å². The lowest BCUT2D eigenvalue weighted by Crippen LogP contribution is -2.28. The summed E-state index contributed by atoms with van der Waals surface area (Å²) in [7, 11) is -2.41. The Hall–Kier alpha value is -2.38. The molecule has 2 N–H and O–H groups in total. The van der Waals surface area contributed by atoms with Gasteiger partial charge in [-0.05, 0) is 42.5 Å². The second kappa shape index (κ2) is 10.2. The molecule has 0 saturated heterocycles. The summed E-state index contributed by atoms with van der Waals surface area (Å²) < 4.78 is 33.3. The highest BCUT2D eigenvalue weighted by atomic mass is 32.2. The third-order valence-corrected chi connectivity index (χ3v) is 5.75. The first-order valence-electron chi connectivity index (χ1n) is 9.33. The Kier molecular flexibility index (Phi) is 8.02. The van der Waals surface area contributed by atoms with Crippen molar-refractivity contribution in [2.75, 3.05) is 20.2 Å². The average molecular weight is 405 g/mol. The molecular formula is C21H28N2O4S. The fourth-order valence-corrected chi connectivity index (χ4v) is 3.88. The third kappa shape index (κ3) is 6.35. The van der Waals surface area contributed by atoms with Crippen molar-refractivity contribution < 1.29 is 17.9 Å². The van der Waals surface area contributed by atoms with Crippen LogP contribution in [0.2, 0.25) is 0 Å². The molecule has 6 nitrogen and oxygen atoms in total. The van der Waals surface area contributed by atoms with Gasteiger partial charge in [-0.2, -0.15) is 0 Å². The summed E-state index contributed by atoms with van der Waals surface area (Å²) in [5, 5.41) is 2.82.